The maximum atomic E-state index is 12.1. The highest BCUT2D eigenvalue weighted by atomic mass is 16.5. The van der Waals surface area contributed by atoms with Gasteiger partial charge in [-0.05, 0) is 44.0 Å². The van der Waals surface area contributed by atoms with Crippen LogP contribution in [0, 0.1) is 0 Å². The van der Waals surface area contributed by atoms with Gasteiger partial charge in [0.15, 0.2) is 0 Å². The first-order valence-electron chi connectivity index (χ1n) is 6.88. The summed E-state index contributed by atoms with van der Waals surface area (Å²) >= 11 is 0. The molecule has 19 heavy (non-hydrogen) atoms. The van der Waals surface area contributed by atoms with Gasteiger partial charge in [-0.25, -0.2) is 0 Å². The van der Waals surface area contributed by atoms with Crippen LogP contribution in [0.3, 0.4) is 0 Å². The highest BCUT2D eigenvalue weighted by Crippen LogP contribution is 2.17. The number of carbonyl (C=O) groups is 1. The molecule has 1 aromatic carbocycles. The zero-order valence-electron chi connectivity index (χ0n) is 11.6. The molecule has 0 radical (unpaired) electrons. The average Bonchev–Trinajstić information content (AvgIpc) is 2.48. The predicted octanol–water partition coefficient (Wildman–Crippen LogP) is 2.01. The fourth-order valence-electron chi connectivity index (χ4n) is 2.37. The quantitative estimate of drug-likeness (QED) is 0.872. The summed E-state index contributed by atoms with van der Waals surface area (Å²) in [4.78, 5) is 12.1. The molecule has 1 aliphatic heterocycles. The van der Waals surface area contributed by atoms with Crippen molar-refractivity contribution in [1.82, 2.24) is 10.6 Å². The van der Waals surface area contributed by atoms with Gasteiger partial charge >= 0.3 is 0 Å². The van der Waals surface area contributed by atoms with Crippen molar-refractivity contribution in [1.29, 1.82) is 0 Å². The van der Waals surface area contributed by atoms with Crippen LogP contribution in [0.1, 0.15) is 37.8 Å². The topological polar surface area (TPSA) is 50.4 Å². The van der Waals surface area contributed by atoms with Gasteiger partial charge in [-0.1, -0.05) is 18.6 Å². The van der Waals surface area contributed by atoms with Crippen LogP contribution in [0.5, 0.6) is 5.75 Å². The van der Waals surface area contributed by atoms with Crippen molar-refractivity contribution in [3.63, 3.8) is 0 Å². The number of methoxy groups -OCH3 is 1. The number of amides is 1. The number of nitrogens with one attached hydrogen (secondary N) is 2. The number of piperidine rings is 1. The molecular formula is C15H22N2O2. The largest absolute Gasteiger partial charge is 0.497 e. The lowest BCUT2D eigenvalue weighted by atomic mass is 10.0. The van der Waals surface area contributed by atoms with E-state index in [1.165, 1.54) is 0 Å². The Morgan fingerprint density at radius 1 is 1.37 bits per heavy atom. The molecule has 0 saturated carbocycles. The van der Waals surface area contributed by atoms with Crippen LogP contribution < -0.4 is 15.4 Å². The van der Waals surface area contributed by atoms with Crippen LogP contribution in [0.25, 0.3) is 0 Å². The van der Waals surface area contributed by atoms with E-state index in [9.17, 15) is 4.79 Å². The number of carbonyl (C=O) groups excluding carboxylic acids is 1. The molecule has 0 aromatic heterocycles. The molecule has 0 bridgehead atoms. The number of ether oxygens (including phenoxy) is 1. The van der Waals surface area contributed by atoms with E-state index in [0.717, 1.165) is 37.1 Å². The first-order chi connectivity index (χ1) is 9.20. The van der Waals surface area contributed by atoms with Gasteiger partial charge in [0, 0.05) is 0 Å². The van der Waals surface area contributed by atoms with Crippen LogP contribution in [0.4, 0.5) is 0 Å². The molecule has 1 amide bonds. The molecule has 4 nitrogen and oxygen atoms in total. The van der Waals surface area contributed by atoms with Crippen molar-refractivity contribution < 1.29 is 9.53 Å². The van der Waals surface area contributed by atoms with Gasteiger partial charge in [0.1, 0.15) is 5.75 Å². The summed E-state index contributed by atoms with van der Waals surface area (Å²) in [6.45, 7) is 2.94. The van der Waals surface area contributed by atoms with E-state index in [0.29, 0.717) is 0 Å². The number of rotatable bonds is 4. The Morgan fingerprint density at radius 2 is 2.11 bits per heavy atom. The summed E-state index contributed by atoms with van der Waals surface area (Å²) in [5, 5.41) is 6.32. The third-order valence-electron chi connectivity index (χ3n) is 3.60. The third kappa shape index (κ3) is 3.70. The molecule has 1 aliphatic rings. The van der Waals surface area contributed by atoms with E-state index in [1.54, 1.807) is 7.11 Å². The standard InChI is InChI=1S/C15H22N2O2/c1-11(12-6-8-13(19-2)9-7-12)17-15(18)14-5-3-4-10-16-14/h6-9,11,14,16H,3-5,10H2,1-2H3,(H,17,18)/t11-,14+/m0/s1. The summed E-state index contributed by atoms with van der Waals surface area (Å²) < 4.78 is 5.13. The summed E-state index contributed by atoms with van der Waals surface area (Å²) in [6.07, 6.45) is 3.22. The van der Waals surface area contributed by atoms with Gasteiger partial charge in [-0.2, -0.15) is 0 Å². The van der Waals surface area contributed by atoms with Crippen molar-refractivity contribution in [3.05, 3.63) is 29.8 Å². The second-order valence-corrected chi connectivity index (χ2v) is 5.01. The van der Waals surface area contributed by atoms with Gasteiger partial charge in [0.2, 0.25) is 5.91 Å². The van der Waals surface area contributed by atoms with E-state index in [4.69, 9.17) is 4.74 Å². The van der Waals surface area contributed by atoms with Crippen LogP contribution in [-0.4, -0.2) is 25.6 Å². The molecule has 2 atom stereocenters. The zero-order valence-corrected chi connectivity index (χ0v) is 11.6. The lowest BCUT2D eigenvalue weighted by Gasteiger charge is -2.24. The van der Waals surface area contributed by atoms with Crippen molar-refractivity contribution in [3.8, 4) is 5.75 Å². The lowest BCUT2D eigenvalue weighted by Crippen LogP contribution is -2.47. The van der Waals surface area contributed by atoms with Crippen molar-refractivity contribution in [2.24, 2.45) is 0 Å². The van der Waals surface area contributed by atoms with E-state index in [2.05, 4.69) is 10.6 Å². The third-order valence-corrected chi connectivity index (χ3v) is 3.60. The first-order valence-corrected chi connectivity index (χ1v) is 6.88. The molecule has 0 unspecified atom stereocenters. The summed E-state index contributed by atoms with van der Waals surface area (Å²) in [5.74, 6) is 0.930. The summed E-state index contributed by atoms with van der Waals surface area (Å²) in [6, 6.07) is 7.78. The maximum absolute atomic E-state index is 12.1. The molecule has 1 saturated heterocycles. The Kier molecular flexibility index (Phi) is 4.80. The van der Waals surface area contributed by atoms with E-state index in [-0.39, 0.29) is 18.0 Å². The Morgan fingerprint density at radius 3 is 2.68 bits per heavy atom. The Labute approximate surface area is 114 Å². The second kappa shape index (κ2) is 6.57. The molecule has 1 fully saturated rings. The monoisotopic (exact) mass is 262 g/mol. The highest BCUT2D eigenvalue weighted by molar-refractivity contribution is 5.82. The van der Waals surface area contributed by atoms with E-state index < -0.39 is 0 Å². The minimum Gasteiger partial charge on any atom is -0.497 e. The van der Waals surface area contributed by atoms with Gasteiger partial charge in [-0.3, -0.25) is 4.79 Å². The Balaban J connectivity index is 1.91. The summed E-state index contributed by atoms with van der Waals surface area (Å²) in [5.41, 5.74) is 1.09. The zero-order chi connectivity index (χ0) is 13.7. The maximum Gasteiger partial charge on any atom is 0.237 e. The van der Waals surface area contributed by atoms with Crippen LogP contribution >= 0.6 is 0 Å². The minimum absolute atomic E-state index is 0.0159. The van der Waals surface area contributed by atoms with Crippen LogP contribution in [-0.2, 0) is 4.79 Å². The average molecular weight is 262 g/mol. The van der Waals surface area contributed by atoms with Gasteiger partial charge < -0.3 is 15.4 Å². The normalized spacial score (nSPS) is 20.6. The van der Waals surface area contributed by atoms with Crippen molar-refractivity contribution >= 4 is 5.91 Å². The van der Waals surface area contributed by atoms with Gasteiger partial charge in [0.25, 0.3) is 0 Å². The second-order valence-electron chi connectivity index (χ2n) is 5.01. The van der Waals surface area contributed by atoms with Crippen LogP contribution in [0.2, 0.25) is 0 Å². The fraction of sp³-hybridized carbons (Fsp3) is 0.533. The molecule has 1 heterocycles. The Hall–Kier alpha value is -1.55. The fourth-order valence-corrected chi connectivity index (χ4v) is 2.37. The molecule has 1 aromatic rings. The molecule has 4 heteroatoms. The first kappa shape index (κ1) is 13.9. The molecular weight excluding hydrogens is 240 g/mol. The highest BCUT2D eigenvalue weighted by Gasteiger charge is 2.21. The number of benzene rings is 1. The SMILES string of the molecule is COc1ccc([C@H](C)NC(=O)[C@H]2CCCCN2)cc1. The van der Waals surface area contributed by atoms with Crippen molar-refractivity contribution in [2.75, 3.05) is 13.7 Å². The van der Waals surface area contributed by atoms with Gasteiger partial charge in [0.05, 0.1) is 19.2 Å². The van der Waals surface area contributed by atoms with Crippen molar-refractivity contribution in [2.45, 2.75) is 38.3 Å². The van der Waals surface area contributed by atoms with E-state index in [1.807, 2.05) is 31.2 Å². The minimum atomic E-state index is -0.0329. The molecule has 0 aliphatic carbocycles. The number of hydrogen-bond acceptors (Lipinski definition) is 3. The molecule has 2 rings (SSSR count). The van der Waals surface area contributed by atoms with E-state index >= 15 is 0 Å². The predicted molar refractivity (Wildman–Crippen MR) is 75.2 cm³/mol. The van der Waals surface area contributed by atoms with Crippen LogP contribution in [0.15, 0.2) is 24.3 Å². The Bertz CT molecular complexity index is 411. The lowest BCUT2D eigenvalue weighted by molar-refractivity contribution is -0.124. The smallest absolute Gasteiger partial charge is 0.237 e. The molecule has 2 N–H and O–H groups in total. The number of hydrogen-bond donors (Lipinski definition) is 2. The van der Waals surface area contributed by atoms with Gasteiger partial charge in [-0.15, -0.1) is 0 Å². The summed E-state index contributed by atoms with van der Waals surface area (Å²) in [7, 11) is 1.65. The molecule has 0 spiro atoms. The molecule has 104 valence electrons.